The molecule has 1 amide bonds. The summed E-state index contributed by atoms with van der Waals surface area (Å²) in [5.74, 6) is -0.338. The van der Waals surface area contributed by atoms with E-state index in [1.54, 1.807) is 12.1 Å². The van der Waals surface area contributed by atoms with Crippen LogP contribution in [0, 0.1) is 12.7 Å². The van der Waals surface area contributed by atoms with Gasteiger partial charge in [-0.05, 0) is 71.2 Å². The number of halogens is 2. The Balaban J connectivity index is 1.32. The molecule has 0 aliphatic carbocycles. The van der Waals surface area contributed by atoms with Crippen molar-refractivity contribution in [3.8, 4) is 0 Å². The highest BCUT2D eigenvalue weighted by Crippen LogP contribution is 2.18. The monoisotopic (exact) mass is 447 g/mol. The fourth-order valence-electron chi connectivity index (χ4n) is 3.48. The van der Waals surface area contributed by atoms with Gasteiger partial charge in [0.2, 0.25) is 5.91 Å². The highest BCUT2D eigenvalue weighted by molar-refractivity contribution is 9.10. The Hall–Kier alpha value is -1.92. The molecule has 28 heavy (non-hydrogen) atoms. The molecule has 0 spiro atoms. The minimum absolute atomic E-state index is 0.0252. The second-order valence-electron chi connectivity index (χ2n) is 7.30. The van der Waals surface area contributed by atoms with Crippen LogP contribution in [0.4, 0.5) is 10.1 Å². The summed E-state index contributed by atoms with van der Waals surface area (Å²) in [6.45, 7) is 7.95. The average molecular weight is 448 g/mol. The van der Waals surface area contributed by atoms with E-state index >= 15 is 0 Å². The molecule has 0 radical (unpaired) electrons. The lowest BCUT2D eigenvalue weighted by Crippen LogP contribution is -2.47. The van der Waals surface area contributed by atoms with E-state index in [2.05, 4.69) is 62.2 Å². The van der Waals surface area contributed by atoms with Gasteiger partial charge in [-0.15, -0.1) is 0 Å². The summed E-state index contributed by atoms with van der Waals surface area (Å²) >= 11 is 3.15. The van der Waals surface area contributed by atoms with Gasteiger partial charge in [0, 0.05) is 38.4 Å². The summed E-state index contributed by atoms with van der Waals surface area (Å²) in [6, 6.07) is 13.3. The molecule has 1 N–H and O–H groups in total. The van der Waals surface area contributed by atoms with Crippen molar-refractivity contribution in [2.45, 2.75) is 19.8 Å². The number of amides is 1. The smallest absolute Gasteiger partial charge is 0.224 e. The second kappa shape index (κ2) is 10.0. The molecule has 0 atom stereocenters. The molecule has 2 aromatic carbocycles. The van der Waals surface area contributed by atoms with Crippen LogP contribution in [-0.4, -0.2) is 50.1 Å². The third-order valence-electron chi connectivity index (χ3n) is 5.06. The summed E-state index contributed by atoms with van der Waals surface area (Å²) in [6.07, 6.45) is 1.21. The standard InChI is InChI=1S/C22H27BrFN3O/c1-17-4-2-5-19(14-17)27-12-10-26(11-13-27)9-3-8-25-22(28)16-18-6-7-21(24)20(23)15-18/h2,4-7,14-15H,3,8-13,16H2,1H3,(H,25,28). The van der Waals surface area contributed by atoms with Crippen LogP contribution >= 0.6 is 15.9 Å². The molecule has 3 rings (SSSR count). The summed E-state index contributed by atoms with van der Waals surface area (Å²) < 4.78 is 13.6. The number of aryl methyl sites for hydroxylation is 1. The third-order valence-corrected chi connectivity index (χ3v) is 5.67. The number of carbonyl (C=O) groups excluding carboxylic acids is 1. The Morgan fingerprint density at radius 1 is 1.14 bits per heavy atom. The Morgan fingerprint density at radius 3 is 2.64 bits per heavy atom. The first kappa shape index (κ1) is 20.8. The number of nitrogens with one attached hydrogen (secondary N) is 1. The summed E-state index contributed by atoms with van der Waals surface area (Å²) in [4.78, 5) is 16.9. The molecule has 0 saturated carbocycles. The second-order valence-corrected chi connectivity index (χ2v) is 8.15. The molecular weight excluding hydrogens is 421 g/mol. The van der Waals surface area contributed by atoms with E-state index in [0.29, 0.717) is 11.0 Å². The fraction of sp³-hybridized carbons (Fsp3) is 0.409. The van der Waals surface area contributed by atoms with Crippen LogP contribution in [0.5, 0.6) is 0 Å². The lowest BCUT2D eigenvalue weighted by Gasteiger charge is -2.36. The molecule has 1 aliphatic rings. The first-order valence-electron chi connectivity index (χ1n) is 9.76. The predicted octanol–water partition coefficient (Wildman–Crippen LogP) is 3.77. The molecule has 1 saturated heterocycles. The van der Waals surface area contributed by atoms with Gasteiger partial charge in [0.15, 0.2) is 0 Å². The highest BCUT2D eigenvalue weighted by atomic mass is 79.9. The summed E-state index contributed by atoms with van der Waals surface area (Å²) in [5.41, 5.74) is 3.40. The molecule has 0 unspecified atom stereocenters. The summed E-state index contributed by atoms with van der Waals surface area (Å²) in [5, 5.41) is 2.96. The molecule has 4 nitrogen and oxygen atoms in total. The molecule has 1 aliphatic heterocycles. The van der Waals surface area contributed by atoms with Crippen molar-refractivity contribution in [2.75, 3.05) is 44.2 Å². The highest BCUT2D eigenvalue weighted by Gasteiger charge is 2.16. The summed E-state index contributed by atoms with van der Waals surface area (Å²) in [7, 11) is 0. The first-order valence-corrected chi connectivity index (χ1v) is 10.5. The number of benzene rings is 2. The van der Waals surface area contributed by atoms with Gasteiger partial charge in [0.1, 0.15) is 5.82 Å². The van der Waals surface area contributed by atoms with Crippen LogP contribution in [0.25, 0.3) is 0 Å². The van der Waals surface area contributed by atoms with Crippen molar-refractivity contribution in [2.24, 2.45) is 0 Å². The number of hydrogen-bond acceptors (Lipinski definition) is 3. The number of piperazine rings is 1. The van der Waals surface area contributed by atoms with E-state index in [1.165, 1.54) is 17.3 Å². The van der Waals surface area contributed by atoms with E-state index in [0.717, 1.165) is 44.7 Å². The van der Waals surface area contributed by atoms with E-state index in [9.17, 15) is 9.18 Å². The Kier molecular flexibility index (Phi) is 7.45. The SMILES string of the molecule is Cc1cccc(N2CCN(CCCNC(=O)Cc3ccc(F)c(Br)c3)CC2)c1. The maximum absolute atomic E-state index is 13.2. The molecule has 2 aromatic rings. The van der Waals surface area contributed by atoms with Gasteiger partial charge in [-0.25, -0.2) is 4.39 Å². The van der Waals surface area contributed by atoms with E-state index in [4.69, 9.17) is 0 Å². The topological polar surface area (TPSA) is 35.6 Å². The van der Waals surface area contributed by atoms with Crippen molar-refractivity contribution in [1.29, 1.82) is 0 Å². The lowest BCUT2D eigenvalue weighted by molar-refractivity contribution is -0.120. The average Bonchev–Trinajstić information content (AvgIpc) is 2.69. The van der Waals surface area contributed by atoms with Crippen LogP contribution in [0.15, 0.2) is 46.9 Å². The molecule has 1 fully saturated rings. The zero-order chi connectivity index (χ0) is 19.9. The van der Waals surface area contributed by atoms with Gasteiger partial charge in [0.05, 0.1) is 10.9 Å². The first-order chi connectivity index (χ1) is 13.5. The molecule has 1 heterocycles. The van der Waals surface area contributed by atoms with Crippen molar-refractivity contribution < 1.29 is 9.18 Å². The largest absolute Gasteiger partial charge is 0.369 e. The molecule has 0 aromatic heterocycles. The van der Waals surface area contributed by atoms with Gasteiger partial charge in [-0.1, -0.05) is 18.2 Å². The van der Waals surface area contributed by atoms with Crippen LogP contribution in [-0.2, 0) is 11.2 Å². The van der Waals surface area contributed by atoms with Gasteiger partial charge in [-0.2, -0.15) is 0 Å². The predicted molar refractivity (Wildman–Crippen MR) is 115 cm³/mol. The maximum Gasteiger partial charge on any atom is 0.224 e. The van der Waals surface area contributed by atoms with Crippen molar-refractivity contribution in [3.05, 3.63) is 63.9 Å². The quantitative estimate of drug-likeness (QED) is 0.656. The minimum atomic E-state index is -0.313. The zero-order valence-corrected chi connectivity index (χ0v) is 17.8. The van der Waals surface area contributed by atoms with Crippen LogP contribution in [0.3, 0.4) is 0 Å². The number of rotatable bonds is 7. The van der Waals surface area contributed by atoms with Crippen LogP contribution in [0.1, 0.15) is 17.5 Å². The zero-order valence-electron chi connectivity index (χ0n) is 16.3. The fourth-order valence-corrected chi connectivity index (χ4v) is 3.91. The van der Waals surface area contributed by atoms with Crippen LogP contribution in [0.2, 0.25) is 0 Å². The number of anilines is 1. The molecule has 0 bridgehead atoms. The number of carbonyl (C=O) groups is 1. The number of hydrogen-bond donors (Lipinski definition) is 1. The molecular formula is C22H27BrFN3O. The normalized spacial score (nSPS) is 14.9. The minimum Gasteiger partial charge on any atom is -0.369 e. The Bertz CT molecular complexity index is 806. The van der Waals surface area contributed by atoms with Crippen molar-refractivity contribution in [3.63, 3.8) is 0 Å². The van der Waals surface area contributed by atoms with Crippen LogP contribution < -0.4 is 10.2 Å². The van der Waals surface area contributed by atoms with E-state index in [1.807, 2.05) is 0 Å². The van der Waals surface area contributed by atoms with Crippen molar-refractivity contribution >= 4 is 27.5 Å². The van der Waals surface area contributed by atoms with Gasteiger partial charge in [0.25, 0.3) is 0 Å². The maximum atomic E-state index is 13.2. The Labute approximate surface area is 174 Å². The number of nitrogens with zero attached hydrogens (tertiary/aromatic N) is 2. The van der Waals surface area contributed by atoms with Gasteiger partial charge in [-0.3, -0.25) is 9.69 Å². The van der Waals surface area contributed by atoms with Crippen molar-refractivity contribution in [1.82, 2.24) is 10.2 Å². The third kappa shape index (κ3) is 6.04. The van der Waals surface area contributed by atoms with Gasteiger partial charge < -0.3 is 10.2 Å². The molecule has 150 valence electrons. The lowest BCUT2D eigenvalue weighted by atomic mass is 10.1. The Morgan fingerprint density at radius 2 is 1.93 bits per heavy atom. The van der Waals surface area contributed by atoms with Gasteiger partial charge >= 0.3 is 0 Å². The van der Waals surface area contributed by atoms with E-state index < -0.39 is 0 Å². The van der Waals surface area contributed by atoms with E-state index in [-0.39, 0.29) is 18.1 Å². The molecule has 6 heteroatoms.